The van der Waals surface area contributed by atoms with Crippen LogP contribution in [-0.4, -0.2) is 21.0 Å². The molecule has 3 rings (SSSR count). The maximum atomic E-state index is 6.21. The Labute approximate surface area is 140 Å². The van der Waals surface area contributed by atoms with Gasteiger partial charge in [-0.15, -0.1) is 0 Å². The van der Waals surface area contributed by atoms with Gasteiger partial charge in [-0.2, -0.15) is 0 Å². The normalized spacial score (nSPS) is 12.3. The van der Waals surface area contributed by atoms with Gasteiger partial charge in [0.25, 0.3) is 0 Å². The van der Waals surface area contributed by atoms with Crippen LogP contribution in [0.15, 0.2) is 30.3 Å². The van der Waals surface area contributed by atoms with Gasteiger partial charge in [-0.3, -0.25) is 0 Å². The van der Waals surface area contributed by atoms with Crippen molar-refractivity contribution < 1.29 is 18.9 Å². The minimum atomic E-state index is 0.288. The van der Waals surface area contributed by atoms with Crippen molar-refractivity contribution in [3.8, 4) is 23.0 Å². The van der Waals surface area contributed by atoms with E-state index in [1.165, 1.54) is 0 Å². The second kappa shape index (κ2) is 6.98. The first-order valence-corrected chi connectivity index (χ1v) is 7.58. The third kappa shape index (κ3) is 3.46. The van der Waals surface area contributed by atoms with Crippen molar-refractivity contribution >= 4 is 11.6 Å². The molecule has 2 aromatic rings. The number of nitrogens with one attached hydrogen (secondary N) is 1. The minimum Gasteiger partial charge on any atom is -0.493 e. The van der Waals surface area contributed by atoms with E-state index in [2.05, 4.69) is 5.32 Å². The van der Waals surface area contributed by atoms with Crippen LogP contribution in [0.3, 0.4) is 0 Å². The van der Waals surface area contributed by atoms with Gasteiger partial charge in [0.15, 0.2) is 23.0 Å². The SMILES string of the molecule is COc1cc(CNCc2ccc3c(c2)OCO3)cc(Cl)c1OC. The van der Waals surface area contributed by atoms with E-state index >= 15 is 0 Å². The number of ether oxygens (including phenoxy) is 4. The summed E-state index contributed by atoms with van der Waals surface area (Å²) in [5.74, 6) is 2.76. The van der Waals surface area contributed by atoms with E-state index in [0.717, 1.165) is 22.6 Å². The van der Waals surface area contributed by atoms with Crippen LogP contribution in [0.4, 0.5) is 0 Å². The lowest BCUT2D eigenvalue weighted by Gasteiger charge is -2.12. The van der Waals surface area contributed by atoms with E-state index in [1.807, 2.05) is 30.3 Å². The molecule has 2 aromatic carbocycles. The van der Waals surface area contributed by atoms with Crippen LogP contribution in [0.2, 0.25) is 5.02 Å². The van der Waals surface area contributed by atoms with Crippen LogP contribution in [0.25, 0.3) is 0 Å². The topological polar surface area (TPSA) is 49.0 Å². The van der Waals surface area contributed by atoms with Gasteiger partial charge in [-0.05, 0) is 35.4 Å². The van der Waals surface area contributed by atoms with Crippen molar-refractivity contribution in [2.75, 3.05) is 21.0 Å². The summed E-state index contributed by atoms with van der Waals surface area (Å²) in [7, 11) is 3.17. The summed E-state index contributed by atoms with van der Waals surface area (Å²) in [4.78, 5) is 0. The molecule has 0 aliphatic carbocycles. The lowest BCUT2D eigenvalue weighted by Crippen LogP contribution is -2.12. The first kappa shape index (κ1) is 15.8. The average Bonchev–Trinajstić information content (AvgIpc) is 3.02. The van der Waals surface area contributed by atoms with E-state index in [0.29, 0.717) is 29.6 Å². The van der Waals surface area contributed by atoms with E-state index in [4.69, 9.17) is 30.5 Å². The summed E-state index contributed by atoms with van der Waals surface area (Å²) in [6, 6.07) is 9.71. The molecule has 1 aliphatic heterocycles. The van der Waals surface area contributed by atoms with Crippen LogP contribution < -0.4 is 24.3 Å². The molecular weight excluding hydrogens is 318 g/mol. The Kier molecular flexibility index (Phi) is 4.79. The minimum absolute atomic E-state index is 0.288. The highest BCUT2D eigenvalue weighted by Crippen LogP contribution is 2.36. The van der Waals surface area contributed by atoms with Gasteiger partial charge in [0.05, 0.1) is 19.2 Å². The highest BCUT2D eigenvalue weighted by molar-refractivity contribution is 6.32. The first-order chi connectivity index (χ1) is 11.2. The van der Waals surface area contributed by atoms with E-state index in [9.17, 15) is 0 Å². The van der Waals surface area contributed by atoms with Crippen LogP contribution in [0.1, 0.15) is 11.1 Å². The zero-order valence-corrected chi connectivity index (χ0v) is 13.8. The predicted molar refractivity (Wildman–Crippen MR) is 87.7 cm³/mol. The number of halogens is 1. The van der Waals surface area contributed by atoms with Crippen molar-refractivity contribution in [2.45, 2.75) is 13.1 Å². The quantitative estimate of drug-likeness (QED) is 0.877. The third-order valence-electron chi connectivity index (χ3n) is 3.59. The molecular formula is C17H18ClNO4. The van der Waals surface area contributed by atoms with Gasteiger partial charge in [-0.25, -0.2) is 0 Å². The molecule has 0 radical (unpaired) electrons. The number of rotatable bonds is 6. The number of hydrogen-bond donors (Lipinski definition) is 1. The molecule has 1 aliphatic rings. The van der Waals surface area contributed by atoms with Crippen LogP contribution in [-0.2, 0) is 13.1 Å². The van der Waals surface area contributed by atoms with Gasteiger partial charge >= 0.3 is 0 Å². The zero-order valence-electron chi connectivity index (χ0n) is 13.0. The van der Waals surface area contributed by atoms with Gasteiger partial charge < -0.3 is 24.3 Å². The molecule has 122 valence electrons. The zero-order chi connectivity index (χ0) is 16.2. The Morgan fingerprint density at radius 1 is 1.00 bits per heavy atom. The molecule has 0 saturated carbocycles. The Hall–Kier alpha value is -2.11. The van der Waals surface area contributed by atoms with Crippen molar-refractivity contribution in [1.29, 1.82) is 0 Å². The van der Waals surface area contributed by atoms with Gasteiger partial charge in [0.1, 0.15) is 0 Å². The second-order valence-electron chi connectivity index (χ2n) is 5.10. The summed E-state index contributed by atoms with van der Waals surface area (Å²) >= 11 is 6.21. The molecule has 1 N–H and O–H groups in total. The molecule has 0 aromatic heterocycles. The molecule has 23 heavy (non-hydrogen) atoms. The second-order valence-corrected chi connectivity index (χ2v) is 5.51. The summed E-state index contributed by atoms with van der Waals surface area (Å²) < 4.78 is 21.2. The fourth-order valence-electron chi connectivity index (χ4n) is 2.48. The molecule has 0 amide bonds. The first-order valence-electron chi connectivity index (χ1n) is 7.21. The molecule has 0 saturated heterocycles. The lowest BCUT2D eigenvalue weighted by molar-refractivity contribution is 0.174. The molecule has 0 unspecified atom stereocenters. The number of fused-ring (bicyclic) bond motifs is 1. The number of benzene rings is 2. The van der Waals surface area contributed by atoms with Crippen LogP contribution >= 0.6 is 11.6 Å². The Bertz CT molecular complexity index is 705. The van der Waals surface area contributed by atoms with Crippen LogP contribution in [0.5, 0.6) is 23.0 Å². The molecule has 5 nitrogen and oxygen atoms in total. The largest absolute Gasteiger partial charge is 0.493 e. The Morgan fingerprint density at radius 2 is 1.78 bits per heavy atom. The fourth-order valence-corrected chi connectivity index (χ4v) is 2.79. The molecule has 1 heterocycles. The van der Waals surface area contributed by atoms with Gasteiger partial charge in [-0.1, -0.05) is 17.7 Å². The standard InChI is InChI=1S/C17H18ClNO4/c1-20-16-7-12(5-13(18)17(16)21-2)9-19-8-11-3-4-14-15(6-11)23-10-22-14/h3-7,19H,8-10H2,1-2H3. The molecule has 6 heteroatoms. The summed E-state index contributed by atoms with van der Waals surface area (Å²) in [5, 5.41) is 3.91. The highest BCUT2D eigenvalue weighted by Gasteiger charge is 2.13. The van der Waals surface area contributed by atoms with Crippen LogP contribution in [0, 0.1) is 0 Å². The monoisotopic (exact) mass is 335 g/mol. The van der Waals surface area contributed by atoms with Gasteiger partial charge in [0, 0.05) is 13.1 Å². The Balaban J connectivity index is 1.63. The van der Waals surface area contributed by atoms with Crippen molar-refractivity contribution in [1.82, 2.24) is 5.32 Å². The van der Waals surface area contributed by atoms with E-state index < -0.39 is 0 Å². The van der Waals surface area contributed by atoms with Gasteiger partial charge in [0.2, 0.25) is 6.79 Å². The molecule has 0 fully saturated rings. The molecule has 0 atom stereocenters. The molecule has 0 spiro atoms. The smallest absolute Gasteiger partial charge is 0.231 e. The third-order valence-corrected chi connectivity index (χ3v) is 3.87. The lowest BCUT2D eigenvalue weighted by atomic mass is 10.1. The summed E-state index contributed by atoms with van der Waals surface area (Å²) in [6.07, 6.45) is 0. The van der Waals surface area contributed by atoms with Crippen molar-refractivity contribution in [3.63, 3.8) is 0 Å². The van der Waals surface area contributed by atoms with E-state index in [1.54, 1.807) is 14.2 Å². The maximum absolute atomic E-state index is 6.21. The number of methoxy groups -OCH3 is 2. The average molecular weight is 336 g/mol. The number of hydrogen-bond acceptors (Lipinski definition) is 5. The fraction of sp³-hybridized carbons (Fsp3) is 0.294. The molecule has 0 bridgehead atoms. The van der Waals surface area contributed by atoms with Crippen molar-refractivity contribution in [3.05, 3.63) is 46.5 Å². The maximum Gasteiger partial charge on any atom is 0.231 e. The van der Waals surface area contributed by atoms with Crippen molar-refractivity contribution in [2.24, 2.45) is 0 Å². The Morgan fingerprint density at radius 3 is 2.57 bits per heavy atom. The predicted octanol–water partition coefficient (Wildman–Crippen LogP) is 3.38. The summed E-state index contributed by atoms with van der Waals surface area (Å²) in [5.41, 5.74) is 2.15. The highest BCUT2D eigenvalue weighted by atomic mass is 35.5. The van der Waals surface area contributed by atoms with E-state index in [-0.39, 0.29) is 6.79 Å². The summed E-state index contributed by atoms with van der Waals surface area (Å²) in [6.45, 7) is 1.66.